The molecule has 0 aliphatic heterocycles. The van der Waals surface area contributed by atoms with E-state index in [2.05, 4.69) is 22.9 Å². The van der Waals surface area contributed by atoms with Gasteiger partial charge in [0.15, 0.2) is 0 Å². The molecule has 0 amide bonds. The van der Waals surface area contributed by atoms with Crippen molar-refractivity contribution in [1.82, 2.24) is 0 Å². The Morgan fingerprint density at radius 2 is 2.19 bits per heavy atom. The minimum atomic E-state index is -0.382. The van der Waals surface area contributed by atoms with E-state index in [1.807, 2.05) is 17.8 Å². The first kappa shape index (κ1) is 14.0. The van der Waals surface area contributed by atoms with E-state index in [1.165, 1.54) is 12.1 Å². The minimum Gasteiger partial charge on any atom is -0.393 e. The molecule has 1 N–H and O–H groups in total. The summed E-state index contributed by atoms with van der Waals surface area (Å²) in [6.07, 6.45) is 0.889. The highest BCUT2D eigenvalue weighted by molar-refractivity contribution is 9.10. The average molecular weight is 307 g/mol. The molecule has 0 aliphatic carbocycles. The standard InChI is InChI=1S/C12H16BrFOS/c1-2-16-4-3-12(15)7-9-5-10(13)8-11(14)6-9/h5-6,8,12,15H,2-4,7H2,1H3. The monoisotopic (exact) mass is 306 g/mol. The van der Waals surface area contributed by atoms with Gasteiger partial charge in [0.2, 0.25) is 0 Å². The smallest absolute Gasteiger partial charge is 0.124 e. The van der Waals surface area contributed by atoms with Crippen LogP contribution in [0.2, 0.25) is 0 Å². The van der Waals surface area contributed by atoms with Crippen LogP contribution in [-0.4, -0.2) is 22.7 Å². The molecule has 4 heteroatoms. The number of rotatable bonds is 6. The zero-order chi connectivity index (χ0) is 12.0. The quantitative estimate of drug-likeness (QED) is 0.810. The summed E-state index contributed by atoms with van der Waals surface area (Å²) < 4.78 is 13.8. The molecule has 0 heterocycles. The third-order valence-electron chi connectivity index (χ3n) is 2.19. The second-order valence-electron chi connectivity index (χ2n) is 3.62. The first-order valence-corrected chi connectivity index (χ1v) is 7.27. The summed E-state index contributed by atoms with van der Waals surface area (Å²) in [6.45, 7) is 2.10. The number of aliphatic hydroxyl groups is 1. The van der Waals surface area contributed by atoms with Gasteiger partial charge in [-0.25, -0.2) is 4.39 Å². The topological polar surface area (TPSA) is 20.2 Å². The summed E-state index contributed by atoms with van der Waals surface area (Å²) in [4.78, 5) is 0. The van der Waals surface area contributed by atoms with Crippen molar-refractivity contribution < 1.29 is 9.50 Å². The van der Waals surface area contributed by atoms with E-state index in [-0.39, 0.29) is 11.9 Å². The summed E-state index contributed by atoms with van der Waals surface area (Å²) in [6, 6.07) is 4.74. The predicted molar refractivity (Wildman–Crippen MR) is 71.4 cm³/mol. The summed E-state index contributed by atoms with van der Waals surface area (Å²) in [5.74, 6) is 1.76. The maximum atomic E-state index is 13.1. The van der Waals surface area contributed by atoms with Crippen LogP contribution in [0.3, 0.4) is 0 Å². The summed E-state index contributed by atoms with van der Waals surface area (Å²) in [5.41, 5.74) is 0.834. The van der Waals surface area contributed by atoms with Crippen LogP contribution < -0.4 is 0 Å². The molecule has 16 heavy (non-hydrogen) atoms. The van der Waals surface area contributed by atoms with E-state index in [9.17, 15) is 9.50 Å². The minimum absolute atomic E-state index is 0.264. The maximum absolute atomic E-state index is 13.1. The first-order chi connectivity index (χ1) is 7.61. The average Bonchev–Trinajstić information content (AvgIpc) is 2.16. The van der Waals surface area contributed by atoms with Gasteiger partial charge >= 0.3 is 0 Å². The van der Waals surface area contributed by atoms with Gasteiger partial charge in [-0.3, -0.25) is 0 Å². The molecule has 0 aliphatic rings. The number of hydrogen-bond donors (Lipinski definition) is 1. The Labute approximate surface area is 109 Å². The van der Waals surface area contributed by atoms with Crippen molar-refractivity contribution in [2.24, 2.45) is 0 Å². The molecular formula is C12H16BrFOS. The highest BCUT2D eigenvalue weighted by atomic mass is 79.9. The van der Waals surface area contributed by atoms with Crippen LogP contribution in [0.25, 0.3) is 0 Å². The van der Waals surface area contributed by atoms with Crippen molar-refractivity contribution in [2.45, 2.75) is 25.9 Å². The van der Waals surface area contributed by atoms with Crippen LogP contribution >= 0.6 is 27.7 Å². The molecular weight excluding hydrogens is 291 g/mol. The SMILES string of the molecule is CCSCCC(O)Cc1cc(F)cc(Br)c1. The van der Waals surface area contributed by atoms with Crippen molar-refractivity contribution in [1.29, 1.82) is 0 Å². The molecule has 0 aromatic heterocycles. The Kier molecular flexibility index (Phi) is 6.39. The number of hydrogen-bond acceptors (Lipinski definition) is 2. The Morgan fingerprint density at radius 3 is 2.81 bits per heavy atom. The second-order valence-corrected chi connectivity index (χ2v) is 5.93. The fraction of sp³-hybridized carbons (Fsp3) is 0.500. The predicted octanol–water partition coefficient (Wildman–Crippen LogP) is 3.63. The number of benzene rings is 1. The molecule has 0 fully saturated rings. The van der Waals surface area contributed by atoms with Gasteiger partial charge in [-0.15, -0.1) is 0 Å². The molecule has 1 nitrogen and oxygen atoms in total. The van der Waals surface area contributed by atoms with Crippen LogP contribution in [0, 0.1) is 5.82 Å². The van der Waals surface area contributed by atoms with Gasteiger partial charge in [0.25, 0.3) is 0 Å². The van der Waals surface area contributed by atoms with Crippen molar-refractivity contribution in [3.05, 3.63) is 34.1 Å². The number of thioether (sulfide) groups is 1. The molecule has 0 saturated heterocycles. The van der Waals surface area contributed by atoms with Gasteiger partial charge in [0, 0.05) is 4.47 Å². The van der Waals surface area contributed by atoms with Crippen LogP contribution in [0.15, 0.2) is 22.7 Å². The van der Waals surface area contributed by atoms with Crippen molar-refractivity contribution >= 4 is 27.7 Å². The van der Waals surface area contributed by atoms with Crippen LogP contribution in [-0.2, 0) is 6.42 Å². The third kappa shape index (κ3) is 5.32. The number of aliphatic hydroxyl groups excluding tert-OH is 1. The van der Waals surface area contributed by atoms with Gasteiger partial charge in [-0.2, -0.15) is 11.8 Å². The zero-order valence-corrected chi connectivity index (χ0v) is 11.7. The molecule has 0 radical (unpaired) electrons. The molecule has 0 spiro atoms. The fourth-order valence-corrected chi connectivity index (χ4v) is 2.71. The first-order valence-electron chi connectivity index (χ1n) is 5.32. The van der Waals surface area contributed by atoms with Gasteiger partial charge in [0.1, 0.15) is 5.82 Å². The lowest BCUT2D eigenvalue weighted by atomic mass is 10.1. The second kappa shape index (κ2) is 7.30. The van der Waals surface area contributed by atoms with E-state index in [4.69, 9.17) is 0 Å². The van der Waals surface area contributed by atoms with Gasteiger partial charge in [0.05, 0.1) is 6.10 Å². The summed E-state index contributed by atoms with van der Waals surface area (Å²) >= 11 is 5.05. The van der Waals surface area contributed by atoms with Crippen molar-refractivity contribution in [3.63, 3.8) is 0 Å². The van der Waals surface area contributed by atoms with E-state index >= 15 is 0 Å². The van der Waals surface area contributed by atoms with Crippen LogP contribution in [0.1, 0.15) is 18.9 Å². The van der Waals surface area contributed by atoms with Gasteiger partial charge in [-0.05, 0) is 48.1 Å². The molecule has 1 rings (SSSR count). The van der Waals surface area contributed by atoms with E-state index in [0.717, 1.165) is 28.0 Å². The van der Waals surface area contributed by atoms with Crippen molar-refractivity contribution in [2.75, 3.05) is 11.5 Å². The maximum Gasteiger partial charge on any atom is 0.124 e. The largest absolute Gasteiger partial charge is 0.393 e. The third-order valence-corrected chi connectivity index (χ3v) is 3.58. The Hall–Kier alpha value is -0.0600. The van der Waals surface area contributed by atoms with Crippen LogP contribution in [0.5, 0.6) is 0 Å². The van der Waals surface area contributed by atoms with E-state index in [1.54, 1.807) is 0 Å². The molecule has 1 aromatic rings. The van der Waals surface area contributed by atoms with Gasteiger partial charge in [-0.1, -0.05) is 22.9 Å². The lowest BCUT2D eigenvalue weighted by Crippen LogP contribution is -2.11. The lowest BCUT2D eigenvalue weighted by Gasteiger charge is -2.10. The fourth-order valence-electron chi connectivity index (χ4n) is 1.47. The highest BCUT2D eigenvalue weighted by Gasteiger charge is 2.07. The highest BCUT2D eigenvalue weighted by Crippen LogP contribution is 2.17. The Balaban J connectivity index is 2.45. The Bertz CT molecular complexity index is 313. The number of halogens is 2. The van der Waals surface area contributed by atoms with E-state index in [0.29, 0.717) is 6.42 Å². The molecule has 1 aromatic carbocycles. The molecule has 0 saturated carbocycles. The molecule has 0 bridgehead atoms. The molecule has 1 atom stereocenters. The summed E-state index contributed by atoms with van der Waals surface area (Å²) in [7, 11) is 0. The Morgan fingerprint density at radius 1 is 1.44 bits per heavy atom. The molecule has 90 valence electrons. The summed E-state index contributed by atoms with van der Waals surface area (Å²) in [5, 5.41) is 9.76. The zero-order valence-electron chi connectivity index (χ0n) is 9.25. The van der Waals surface area contributed by atoms with Crippen LogP contribution in [0.4, 0.5) is 4.39 Å². The van der Waals surface area contributed by atoms with Gasteiger partial charge < -0.3 is 5.11 Å². The van der Waals surface area contributed by atoms with E-state index < -0.39 is 0 Å². The lowest BCUT2D eigenvalue weighted by molar-refractivity contribution is 0.172. The normalized spacial score (nSPS) is 12.8. The van der Waals surface area contributed by atoms with Crippen molar-refractivity contribution in [3.8, 4) is 0 Å². The molecule has 1 unspecified atom stereocenters.